The predicted octanol–water partition coefficient (Wildman–Crippen LogP) is 1.21. The van der Waals surface area contributed by atoms with E-state index in [1.54, 1.807) is 0 Å². The molecule has 0 fully saturated rings. The Bertz CT molecular complexity index is 91.8. The standard InChI is InChI=1S/C7H14N2O/c8-5-1-3-7(10)4-2-6-9/h5-10H,1-4H2. The van der Waals surface area contributed by atoms with Crippen molar-refractivity contribution in [3.8, 4) is 0 Å². The van der Waals surface area contributed by atoms with Crippen LogP contribution in [-0.4, -0.2) is 23.6 Å². The van der Waals surface area contributed by atoms with Gasteiger partial charge in [0.2, 0.25) is 0 Å². The number of nitrogens with one attached hydrogen (secondary N) is 2. The zero-order valence-corrected chi connectivity index (χ0v) is 6.01. The first-order valence-corrected chi connectivity index (χ1v) is 3.47. The third-order valence-electron chi connectivity index (χ3n) is 1.29. The van der Waals surface area contributed by atoms with Crippen molar-refractivity contribution in [2.45, 2.75) is 31.8 Å². The number of hydrogen-bond donors (Lipinski definition) is 3. The van der Waals surface area contributed by atoms with Crippen molar-refractivity contribution in [3.63, 3.8) is 0 Å². The Labute approximate surface area is 61.1 Å². The molecule has 0 aromatic rings. The van der Waals surface area contributed by atoms with E-state index in [1.807, 2.05) is 0 Å². The molecule has 0 radical (unpaired) electrons. The lowest BCUT2D eigenvalue weighted by Crippen LogP contribution is -2.06. The van der Waals surface area contributed by atoms with E-state index in [2.05, 4.69) is 0 Å². The molecule has 0 amide bonds. The maximum atomic E-state index is 9.10. The molecule has 0 rings (SSSR count). The lowest BCUT2D eigenvalue weighted by atomic mass is 10.1. The van der Waals surface area contributed by atoms with Gasteiger partial charge in [0.1, 0.15) is 0 Å². The van der Waals surface area contributed by atoms with Gasteiger partial charge in [-0.15, -0.1) is 0 Å². The summed E-state index contributed by atoms with van der Waals surface area (Å²) in [5.41, 5.74) is 0. The molecule has 0 saturated heterocycles. The summed E-state index contributed by atoms with van der Waals surface area (Å²) in [5, 5.41) is 22.5. The van der Waals surface area contributed by atoms with Gasteiger partial charge in [0.05, 0.1) is 6.10 Å². The van der Waals surface area contributed by atoms with E-state index in [4.69, 9.17) is 15.9 Å². The highest BCUT2D eigenvalue weighted by atomic mass is 16.3. The molecule has 0 saturated carbocycles. The zero-order valence-electron chi connectivity index (χ0n) is 6.01. The molecule has 0 aromatic carbocycles. The van der Waals surface area contributed by atoms with Crippen LogP contribution < -0.4 is 0 Å². The lowest BCUT2D eigenvalue weighted by Gasteiger charge is -2.04. The summed E-state index contributed by atoms with van der Waals surface area (Å²) in [6, 6.07) is 0. The second-order valence-corrected chi connectivity index (χ2v) is 2.22. The molecule has 0 atom stereocenters. The molecule has 58 valence electrons. The van der Waals surface area contributed by atoms with Crippen molar-refractivity contribution in [3.05, 3.63) is 0 Å². The second kappa shape index (κ2) is 6.42. The Morgan fingerprint density at radius 2 is 1.50 bits per heavy atom. The topological polar surface area (TPSA) is 67.9 Å². The molecule has 0 aliphatic heterocycles. The van der Waals surface area contributed by atoms with Gasteiger partial charge >= 0.3 is 0 Å². The van der Waals surface area contributed by atoms with Crippen molar-refractivity contribution in [2.75, 3.05) is 0 Å². The zero-order chi connectivity index (χ0) is 7.82. The molecule has 0 heterocycles. The van der Waals surface area contributed by atoms with E-state index < -0.39 is 0 Å². The number of aliphatic hydroxyl groups excluding tert-OH is 1. The van der Waals surface area contributed by atoms with Gasteiger partial charge in [0, 0.05) is 0 Å². The van der Waals surface area contributed by atoms with E-state index >= 15 is 0 Å². The summed E-state index contributed by atoms with van der Waals surface area (Å²) in [4.78, 5) is 0. The van der Waals surface area contributed by atoms with Crippen LogP contribution in [0.2, 0.25) is 0 Å². The van der Waals surface area contributed by atoms with E-state index in [0.717, 1.165) is 0 Å². The van der Waals surface area contributed by atoms with Gasteiger partial charge in [-0.1, -0.05) is 0 Å². The van der Waals surface area contributed by atoms with E-state index in [1.165, 1.54) is 12.4 Å². The first-order valence-electron chi connectivity index (χ1n) is 3.47. The van der Waals surface area contributed by atoms with Crippen LogP contribution in [0, 0.1) is 10.8 Å². The van der Waals surface area contributed by atoms with E-state index in [0.29, 0.717) is 25.7 Å². The molecule has 0 unspecified atom stereocenters. The summed E-state index contributed by atoms with van der Waals surface area (Å²) in [5.74, 6) is 0. The molecule has 0 aromatic heterocycles. The highest BCUT2D eigenvalue weighted by Crippen LogP contribution is 2.01. The summed E-state index contributed by atoms with van der Waals surface area (Å²) >= 11 is 0. The van der Waals surface area contributed by atoms with E-state index in [-0.39, 0.29) is 6.10 Å². The van der Waals surface area contributed by atoms with Crippen LogP contribution in [0.25, 0.3) is 0 Å². The van der Waals surface area contributed by atoms with Gasteiger partial charge < -0.3 is 15.9 Å². The number of aliphatic hydroxyl groups is 1. The third kappa shape index (κ3) is 5.44. The third-order valence-corrected chi connectivity index (χ3v) is 1.29. The Hall–Kier alpha value is -0.700. The van der Waals surface area contributed by atoms with Gasteiger partial charge in [-0.3, -0.25) is 0 Å². The summed E-state index contributed by atoms with van der Waals surface area (Å²) in [6.45, 7) is 0. The predicted molar refractivity (Wildman–Crippen MR) is 42.0 cm³/mol. The quantitative estimate of drug-likeness (QED) is 0.479. The Morgan fingerprint density at radius 3 is 1.80 bits per heavy atom. The maximum Gasteiger partial charge on any atom is 0.0547 e. The van der Waals surface area contributed by atoms with Gasteiger partial charge in [0.15, 0.2) is 0 Å². The highest BCUT2D eigenvalue weighted by molar-refractivity contribution is 5.53. The molecule has 3 heteroatoms. The van der Waals surface area contributed by atoms with Crippen molar-refractivity contribution in [2.24, 2.45) is 0 Å². The van der Waals surface area contributed by atoms with Gasteiger partial charge in [-0.05, 0) is 38.1 Å². The number of rotatable bonds is 6. The van der Waals surface area contributed by atoms with Crippen molar-refractivity contribution < 1.29 is 5.11 Å². The normalized spacial score (nSPS) is 12.5. The van der Waals surface area contributed by atoms with Gasteiger partial charge in [0.25, 0.3) is 0 Å². The Morgan fingerprint density at radius 1 is 1.10 bits per heavy atom. The second-order valence-electron chi connectivity index (χ2n) is 2.22. The fourth-order valence-corrected chi connectivity index (χ4v) is 0.696. The molecule has 0 spiro atoms. The average Bonchev–Trinajstić information content (AvgIpc) is 1.97. The fourth-order valence-electron chi connectivity index (χ4n) is 0.696. The molecule has 0 aliphatic rings. The van der Waals surface area contributed by atoms with Gasteiger partial charge in [-0.2, -0.15) is 0 Å². The minimum Gasteiger partial charge on any atom is -0.393 e. The average molecular weight is 142 g/mol. The molecule has 0 aliphatic carbocycles. The SMILES string of the molecule is N=CCCC(O)CCC=N. The minimum atomic E-state index is -0.330. The summed E-state index contributed by atoms with van der Waals surface area (Å²) in [7, 11) is 0. The molecular weight excluding hydrogens is 128 g/mol. The van der Waals surface area contributed by atoms with Crippen LogP contribution in [-0.2, 0) is 0 Å². The Balaban J connectivity index is 3.15. The first-order chi connectivity index (χ1) is 4.81. The van der Waals surface area contributed by atoms with Crippen molar-refractivity contribution >= 4 is 12.4 Å². The summed E-state index contributed by atoms with van der Waals surface area (Å²) < 4.78 is 0. The smallest absolute Gasteiger partial charge is 0.0547 e. The van der Waals surface area contributed by atoms with Gasteiger partial charge in [-0.25, -0.2) is 0 Å². The molecule has 3 N–H and O–H groups in total. The summed E-state index contributed by atoms with van der Waals surface area (Å²) in [6.07, 6.45) is 4.84. The highest BCUT2D eigenvalue weighted by Gasteiger charge is 1.99. The maximum absolute atomic E-state index is 9.10. The molecular formula is C7H14N2O. The molecule has 0 bridgehead atoms. The van der Waals surface area contributed by atoms with Crippen LogP contribution in [0.4, 0.5) is 0 Å². The fraction of sp³-hybridized carbons (Fsp3) is 0.714. The van der Waals surface area contributed by atoms with Crippen molar-refractivity contribution in [1.82, 2.24) is 0 Å². The Kier molecular flexibility index (Phi) is 5.97. The van der Waals surface area contributed by atoms with Crippen LogP contribution in [0.3, 0.4) is 0 Å². The van der Waals surface area contributed by atoms with E-state index in [9.17, 15) is 0 Å². The monoisotopic (exact) mass is 142 g/mol. The molecule has 10 heavy (non-hydrogen) atoms. The lowest BCUT2D eigenvalue weighted by molar-refractivity contribution is 0.160. The van der Waals surface area contributed by atoms with Crippen LogP contribution in [0.15, 0.2) is 0 Å². The van der Waals surface area contributed by atoms with Crippen molar-refractivity contribution in [1.29, 1.82) is 10.8 Å². The first kappa shape index (κ1) is 9.30. The number of hydrogen-bond acceptors (Lipinski definition) is 3. The van der Waals surface area contributed by atoms with Crippen LogP contribution >= 0.6 is 0 Å². The van der Waals surface area contributed by atoms with Crippen LogP contribution in [0.5, 0.6) is 0 Å². The molecule has 3 nitrogen and oxygen atoms in total. The minimum absolute atomic E-state index is 0.330. The largest absolute Gasteiger partial charge is 0.393 e. The van der Waals surface area contributed by atoms with Crippen LogP contribution in [0.1, 0.15) is 25.7 Å².